The Morgan fingerprint density at radius 2 is 1.83 bits per heavy atom. The van der Waals surface area contributed by atoms with Crippen molar-refractivity contribution in [3.8, 4) is 11.5 Å². The van der Waals surface area contributed by atoms with Gasteiger partial charge in [0.1, 0.15) is 11.3 Å². The van der Waals surface area contributed by atoms with Crippen LogP contribution < -0.4 is 10.2 Å². The highest BCUT2D eigenvalue weighted by Gasteiger charge is 2.15. The first-order valence-electron chi connectivity index (χ1n) is 9.19. The molecular formula is C23H20FN3O2. The molecule has 146 valence electrons. The zero-order valence-electron chi connectivity index (χ0n) is 16.4. The standard InChI is InChI=1S/C23H20FN3O2/c1-14-5-4-6-17(11-14)27(3)23(28)26-19-9-8-16(13-18(19)24)22-25-20-12-15(2)7-10-21(20)29-22/h4-13H,1-3H3,(H,26,28). The Morgan fingerprint density at radius 3 is 2.59 bits per heavy atom. The van der Waals surface area contributed by atoms with E-state index in [1.807, 2.05) is 56.3 Å². The summed E-state index contributed by atoms with van der Waals surface area (Å²) in [6.07, 6.45) is 0. The smallest absolute Gasteiger partial charge is 0.326 e. The predicted molar refractivity (Wildman–Crippen MR) is 113 cm³/mol. The van der Waals surface area contributed by atoms with Crippen molar-refractivity contribution >= 4 is 28.5 Å². The van der Waals surface area contributed by atoms with Crippen LogP contribution in [0, 0.1) is 19.7 Å². The number of benzene rings is 3. The SMILES string of the molecule is Cc1cccc(N(C)C(=O)Nc2ccc(-c3nc4cc(C)ccc4o3)cc2F)c1. The van der Waals surface area contributed by atoms with E-state index in [1.54, 1.807) is 13.1 Å². The minimum absolute atomic E-state index is 0.0882. The van der Waals surface area contributed by atoms with E-state index in [-0.39, 0.29) is 5.69 Å². The lowest BCUT2D eigenvalue weighted by atomic mass is 10.2. The maximum absolute atomic E-state index is 14.6. The number of oxazole rings is 1. The van der Waals surface area contributed by atoms with Gasteiger partial charge in [0.05, 0.1) is 5.69 Å². The molecule has 0 aliphatic heterocycles. The van der Waals surface area contributed by atoms with Crippen molar-refractivity contribution in [2.75, 3.05) is 17.3 Å². The lowest BCUT2D eigenvalue weighted by molar-refractivity contribution is 0.258. The summed E-state index contributed by atoms with van der Waals surface area (Å²) in [5.41, 5.74) is 4.78. The Labute approximate surface area is 167 Å². The summed E-state index contributed by atoms with van der Waals surface area (Å²) in [6.45, 7) is 3.92. The Balaban J connectivity index is 1.55. The molecule has 0 aliphatic rings. The van der Waals surface area contributed by atoms with E-state index in [0.717, 1.165) is 22.3 Å². The average molecular weight is 389 g/mol. The number of anilines is 2. The molecule has 1 N–H and O–H groups in total. The molecule has 1 heterocycles. The molecule has 0 radical (unpaired) electrons. The van der Waals surface area contributed by atoms with E-state index in [9.17, 15) is 9.18 Å². The van der Waals surface area contributed by atoms with Crippen LogP contribution in [0.5, 0.6) is 0 Å². The second-order valence-corrected chi connectivity index (χ2v) is 7.01. The van der Waals surface area contributed by atoms with Crippen LogP contribution in [0.25, 0.3) is 22.6 Å². The van der Waals surface area contributed by atoms with Crippen molar-refractivity contribution in [3.05, 3.63) is 77.6 Å². The van der Waals surface area contributed by atoms with Crippen molar-refractivity contribution in [2.24, 2.45) is 0 Å². The fraction of sp³-hybridized carbons (Fsp3) is 0.130. The quantitative estimate of drug-likeness (QED) is 0.473. The molecule has 0 fully saturated rings. The lowest BCUT2D eigenvalue weighted by Crippen LogP contribution is -2.31. The molecule has 4 rings (SSSR count). The molecule has 6 heteroatoms. The first-order valence-corrected chi connectivity index (χ1v) is 9.19. The summed E-state index contributed by atoms with van der Waals surface area (Å²) >= 11 is 0. The molecule has 4 aromatic rings. The maximum Gasteiger partial charge on any atom is 0.326 e. The number of carbonyl (C=O) groups excluding carboxylic acids is 1. The summed E-state index contributed by atoms with van der Waals surface area (Å²) in [6, 6.07) is 17.2. The van der Waals surface area contributed by atoms with Gasteiger partial charge in [-0.15, -0.1) is 0 Å². The summed E-state index contributed by atoms with van der Waals surface area (Å²) < 4.78 is 20.4. The van der Waals surface area contributed by atoms with Gasteiger partial charge in [-0.1, -0.05) is 18.2 Å². The Morgan fingerprint density at radius 1 is 1.03 bits per heavy atom. The number of hydrogen-bond donors (Lipinski definition) is 1. The molecule has 0 spiro atoms. The second-order valence-electron chi connectivity index (χ2n) is 7.01. The highest BCUT2D eigenvalue weighted by Crippen LogP contribution is 2.28. The van der Waals surface area contributed by atoms with Crippen molar-refractivity contribution < 1.29 is 13.6 Å². The largest absolute Gasteiger partial charge is 0.436 e. The number of rotatable bonds is 3. The topological polar surface area (TPSA) is 58.4 Å². The number of nitrogens with one attached hydrogen (secondary N) is 1. The Hall–Kier alpha value is -3.67. The monoisotopic (exact) mass is 389 g/mol. The fourth-order valence-electron chi connectivity index (χ4n) is 3.06. The van der Waals surface area contributed by atoms with Gasteiger partial charge in [-0.3, -0.25) is 4.90 Å². The van der Waals surface area contributed by atoms with Crippen LogP contribution >= 0.6 is 0 Å². The molecule has 2 amide bonds. The summed E-state index contributed by atoms with van der Waals surface area (Å²) in [7, 11) is 1.64. The van der Waals surface area contributed by atoms with Crippen LogP contribution in [0.15, 0.2) is 65.1 Å². The number of aromatic nitrogens is 1. The fourth-order valence-corrected chi connectivity index (χ4v) is 3.06. The predicted octanol–water partition coefficient (Wildman–Crippen LogP) is 5.92. The maximum atomic E-state index is 14.6. The van der Waals surface area contributed by atoms with Crippen molar-refractivity contribution in [1.82, 2.24) is 4.98 Å². The van der Waals surface area contributed by atoms with Crippen LogP contribution in [0.2, 0.25) is 0 Å². The third-order valence-electron chi connectivity index (χ3n) is 4.69. The van der Waals surface area contributed by atoms with Gasteiger partial charge in [-0.2, -0.15) is 0 Å². The zero-order valence-corrected chi connectivity index (χ0v) is 16.4. The molecule has 29 heavy (non-hydrogen) atoms. The normalized spacial score (nSPS) is 10.9. The molecule has 0 saturated carbocycles. The first-order chi connectivity index (χ1) is 13.9. The molecule has 1 aromatic heterocycles. The summed E-state index contributed by atoms with van der Waals surface area (Å²) in [5, 5.41) is 2.60. The highest BCUT2D eigenvalue weighted by atomic mass is 19.1. The van der Waals surface area contributed by atoms with Gasteiger partial charge >= 0.3 is 6.03 Å². The highest BCUT2D eigenvalue weighted by molar-refractivity contribution is 6.01. The molecule has 0 aliphatic carbocycles. The number of carbonyl (C=O) groups is 1. The van der Waals surface area contributed by atoms with Crippen molar-refractivity contribution in [1.29, 1.82) is 0 Å². The Kier molecular flexibility index (Phi) is 4.76. The molecule has 0 saturated heterocycles. The summed E-state index contributed by atoms with van der Waals surface area (Å²) in [5.74, 6) is -0.230. The van der Waals surface area contributed by atoms with E-state index in [4.69, 9.17) is 4.42 Å². The Bertz CT molecular complexity index is 1220. The molecule has 5 nitrogen and oxygen atoms in total. The number of amides is 2. The van der Waals surface area contributed by atoms with Gasteiger partial charge in [0.2, 0.25) is 5.89 Å². The van der Waals surface area contributed by atoms with Gasteiger partial charge in [0.25, 0.3) is 0 Å². The number of halogens is 1. The van der Waals surface area contributed by atoms with Crippen LogP contribution in [0.1, 0.15) is 11.1 Å². The molecule has 0 atom stereocenters. The zero-order chi connectivity index (χ0) is 20.5. The number of fused-ring (bicyclic) bond motifs is 1. The molecule has 0 bridgehead atoms. The van der Waals surface area contributed by atoms with Gasteiger partial charge in [-0.05, 0) is 67.4 Å². The average Bonchev–Trinajstić information content (AvgIpc) is 3.12. The molecule has 3 aromatic carbocycles. The summed E-state index contributed by atoms with van der Waals surface area (Å²) in [4.78, 5) is 18.4. The lowest BCUT2D eigenvalue weighted by Gasteiger charge is -2.19. The minimum Gasteiger partial charge on any atom is -0.436 e. The number of hydrogen-bond acceptors (Lipinski definition) is 3. The number of nitrogens with zero attached hydrogens (tertiary/aromatic N) is 2. The van der Waals surface area contributed by atoms with Crippen LogP contribution in [0.3, 0.4) is 0 Å². The minimum atomic E-state index is -0.563. The van der Waals surface area contributed by atoms with Gasteiger partial charge < -0.3 is 9.73 Å². The van der Waals surface area contributed by atoms with Crippen molar-refractivity contribution in [3.63, 3.8) is 0 Å². The van der Waals surface area contributed by atoms with E-state index in [1.165, 1.54) is 17.0 Å². The van der Waals surface area contributed by atoms with Crippen LogP contribution in [-0.2, 0) is 0 Å². The molecule has 0 unspecified atom stereocenters. The third-order valence-corrected chi connectivity index (χ3v) is 4.69. The number of urea groups is 1. The van der Waals surface area contributed by atoms with Gasteiger partial charge in [0.15, 0.2) is 5.58 Å². The van der Waals surface area contributed by atoms with E-state index in [2.05, 4.69) is 10.3 Å². The van der Waals surface area contributed by atoms with E-state index in [0.29, 0.717) is 17.0 Å². The van der Waals surface area contributed by atoms with Crippen LogP contribution in [-0.4, -0.2) is 18.1 Å². The van der Waals surface area contributed by atoms with E-state index >= 15 is 0 Å². The van der Waals surface area contributed by atoms with Gasteiger partial charge in [-0.25, -0.2) is 14.2 Å². The molecular weight excluding hydrogens is 369 g/mol. The number of aryl methyl sites for hydroxylation is 2. The first kappa shape index (κ1) is 18.7. The second kappa shape index (κ2) is 7.39. The third kappa shape index (κ3) is 3.82. The van der Waals surface area contributed by atoms with Gasteiger partial charge in [0, 0.05) is 18.3 Å². The van der Waals surface area contributed by atoms with E-state index < -0.39 is 11.8 Å². The van der Waals surface area contributed by atoms with Crippen LogP contribution in [0.4, 0.5) is 20.6 Å². The van der Waals surface area contributed by atoms with Crippen molar-refractivity contribution in [2.45, 2.75) is 13.8 Å².